The van der Waals surface area contributed by atoms with Crippen LogP contribution < -0.4 is 5.84 Å². The molecule has 3 aromatic rings. The van der Waals surface area contributed by atoms with Gasteiger partial charge in [0.2, 0.25) is 0 Å². The van der Waals surface area contributed by atoms with Crippen molar-refractivity contribution in [1.82, 2.24) is 24.5 Å². The van der Waals surface area contributed by atoms with Crippen LogP contribution in [0, 0.1) is 5.92 Å². The molecule has 3 N–H and O–H groups in total. The molecule has 0 spiro atoms. The highest BCUT2D eigenvalue weighted by molar-refractivity contribution is 5.90. The lowest BCUT2D eigenvalue weighted by atomic mass is 10.00. The third-order valence-electron chi connectivity index (χ3n) is 4.68. The average molecular weight is 314 g/mol. The van der Waals surface area contributed by atoms with E-state index in [1.165, 1.54) is 0 Å². The molecule has 0 radical (unpaired) electrons. The molecule has 120 valence electrons. The second-order valence-corrected chi connectivity index (χ2v) is 6.07. The van der Waals surface area contributed by atoms with Crippen LogP contribution >= 0.6 is 0 Å². The number of hydrogen-bond acceptors (Lipinski definition) is 4. The molecule has 1 fully saturated rings. The summed E-state index contributed by atoms with van der Waals surface area (Å²) < 4.78 is 15.6. The molecule has 6 nitrogen and oxygen atoms in total. The van der Waals surface area contributed by atoms with Crippen molar-refractivity contribution in [3.8, 4) is 11.3 Å². The van der Waals surface area contributed by atoms with Crippen LogP contribution in [-0.2, 0) is 0 Å². The molecule has 4 rings (SSSR count). The summed E-state index contributed by atoms with van der Waals surface area (Å²) in [5, 5.41) is 2.74. The maximum Gasteiger partial charge on any atom is 0.141 e. The number of hydrazine groups is 1. The predicted molar refractivity (Wildman–Crippen MR) is 86.2 cm³/mol. The first kappa shape index (κ1) is 14.3. The molecular formula is C16H19FN6. The zero-order valence-electron chi connectivity index (χ0n) is 12.7. The number of H-pyrrole nitrogens is 1. The van der Waals surface area contributed by atoms with E-state index in [0.717, 1.165) is 41.8 Å². The highest BCUT2D eigenvalue weighted by Crippen LogP contribution is 2.31. The Kier molecular flexibility index (Phi) is 3.59. The van der Waals surface area contributed by atoms with Gasteiger partial charge in [-0.25, -0.2) is 19.4 Å². The summed E-state index contributed by atoms with van der Waals surface area (Å²) in [6, 6.07) is 3.76. The van der Waals surface area contributed by atoms with Gasteiger partial charge in [-0.05, 0) is 24.5 Å². The Morgan fingerprint density at radius 2 is 2.30 bits per heavy atom. The van der Waals surface area contributed by atoms with Crippen molar-refractivity contribution in [2.75, 3.05) is 19.8 Å². The fraction of sp³-hybridized carbons (Fsp3) is 0.375. The summed E-state index contributed by atoms with van der Waals surface area (Å²) in [4.78, 5) is 11.7. The SMILES string of the molecule is NN1CCC(C(CF)n2ccc(-c3ncnc4[nH]ccc34)c2)C1. The molecule has 0 aliphatic carbocycles. The molecule has 1 aliphatic heterocycles. The third-order valence-corrected chi connectivity index (χ3v) is 4.68. The Hall–Kier alpha value is -2.25. The number of aromatic amines is 1. The lowest BCUT2D eigenvalue weighted by molar-refractivity contribution is 0.249. The van der Waals surface area contributed by atoms with Crippen molar-refractivity contribution in [2.45, 2.75) is 12.5 Å². The summed E-state index contributed by atoms with van der Waals surface area (Å²) in [5.74, 6) is 6.06. The molecule has 1 aliphatic rings. The molecule has 1 saturated heterocycles. The minimum absolute atomic E-state index is 0.180. The van der Waals surface area contributed by atoms with E-state index in [2.05, 4.69) is 15.0 Å². The summed E-state index contributed by atoms with van der Waals surface area (Å²) in [5.41, 5.74) is 2.64. The van der Waals surface area contributed by atoms with Crippen LogP contribution in [0.15, 0.2) is 37.1 Å². The van der Waals surface area contributed by atoms with Crippen molar-refractivity contribution >= 4 is 11.0 Å². The van der Waals surface area contributed by atoms with Gasteiger partial charge in [0, 0.05) is 42.6 Å². The predicted octanol–water partition coefficient (Wildman–Crippen LogP) is 2.13. The summed E-state index contributed by atoms with van der Waals surface area (Å²) in [7, 11) is 0. The van der Waals surface area contributed by atoms with Gasteiger partial charge in [0.1, 0.15) is 18.6 Å². The van der Waals surface area contributed by atoms with Crippen LogP contribution in [0.25, 0.3) is 22.3 Å². The smallest absolute Gasteiger partial charge is 0.141 e. The summed E-state index contributed by atoms with van der Waals surface area (Å²) >= 11 is 0. The number of rotatable bonds is 4. The number of halogens is 1. The van der Waals surface area contributed by atoms with E-state index in [9.17, 15) is 4.39 Å². The van der Waals surface area contributed by atoms with E-state index in [-0.39, 0.29) is 12.0 Å². The maximum absolute atomic E-state index is 13.6. The van der Waals surface area contributed by atoms with Crippen molar-refractivity contribution < 1.29 is 4.39 Å². The van der Waals surface area contributed by atoms with Crippen LogP contribution in [0.2, 0.25) is 0 Å². The fourth-order valence-electron chi connectivity index (χ4n) is 3.44. The number of nitrogens with two attached hydrogens (primary N) is 1. The first-order valence-electron chi connectivity index (χ1n) is 7.78. The van der Waals surface area contributed by atoms with Gasteiger partial charge in [-0.3, -0.25) is 5.84 Å². The summed E-state index contributed by atoms with van der Waals surface area (Å²) in [6.45, 7) is 1.17. The van der Waals surface area contributed by atoms with Gasteiger partial charge < -0.3 is 9.55 Å². The third kappa shape index (κ3) is 2.51. The lowest BCUT2D eigenvalue weighted by Gasteiger charge is -2.22. The van der Waals surface area contributed by atoms with Crippen LogP contribution in [0.3, 0.4) is 0 Å². The number of hydrogen-bond donors (Lipinski definition) is 2. The molecule has 4 heterocycles. The van der Waals surface area contributed by atoms with E-state index in [1.54, 1.807) is 11.3 Å². The highest BCUT2D eigenvalue weighted by Gasteiger charge is 2.29. The van der Waals surface area contributed by atoms with E-state index in [4.69, 9.17) is 5.84 Å². The van der Waals surface area contributed by atoms with Crippen LogP contribution in [-0.4, -0.2) is 44.3 Å². The molecule has 0 aromatic carbocycles. The van der Waals surface area contributed by atoms with E-state index < -0.39 is 6.67 Å². The second-order valence-electron chi connectivity index (χ2n) is 6.07. The number of alkyl halides is 1. The molecular weight excluding hydrogens is 295 g/mol. The molecule has 0 bridgehead atoms. The highest BCUT2D eigenvalue weighted by atomic mass is 19.1. The van der Waals surface area contributed by atoms with Crippen LogP contribution in [0.1, 0.15) is 12.5 Å². The van der Waals surface area contributed by atoms with Gasteiger partial charge in [0.05, 0.1) is 11.7 Å². The molecule has 2 unspecified atom stereocenters. The minimum Gasteiger partial charge on any atom is -0.348 e. The zero-order chi connectivity index (χ0) is 15.8. The zero-order valence-corrected chi connectivity index (χ0v) is 12.7. The maximum atomic E-state index is 13.6. The van der Waals surface area contributed by atoms with Crippen molar-refractivity contribution in [2.24, 2.45) is 11.8 Å². The topological polar surface area (TPSA) is 75.8 Å². The molecule has 23 heavy (non-hydrogen) atoms. The number of nitrogens with one attached hydrogen (secondary N) is 1. The van der Waals surface area contributed by atoms with Gasteiger partial charge in [-0.1, -0.05) is 0 Å². The van der Waals surface area contributed by atoms with Gasteiger partial charge >= 0.3 is 0 Å². The Bertz CT molecular complexity index is 810. The monoisotopic (exact) mass is 314 g/mol. The largest absolute Gasteiger partial charge is 0.348 e. The molecule has 2 atom stereocenters. The van der Waals surface area contributed by atoms with E-state index >= 15 is 0 Å². The Balaban J connectivity index is 1.67. The van der Waals surface area contributed by atoms with Gasteiger partial charge in [0.15, 0.2) is 0 Å². The molecule has 3 aromatic heterocycles. The number of fused-ring (bicyclic) bond motifs is 1. The first-order chi connectivity index (χ1) is 11.3. The van der Waals surface area contributed by atoms with Gasteiger partial charge in [0.25, 0.3) is 0 Å². The normalized spacial score (nSPS) is 20.3. The van der Waals surface area contributed by atoms with Gasteiger partial charge in [-0.2, -0.15) is 0 Å². The van der Waals surface area contributed by atoms with Crippen LogP contribution in [0.4, 0.5) is 4.39 Å². The van der Waals surface area contributed by atoms with Gasteiger partial charge in [-0.15, -0.1) is 0 Å². The molecule has 7 heteroatoms. The van der Waals surface area contributed by atoms with Crippen molar-refractivity contribution in [3.05, 3.63) is 37.1 Å². The second kappa shape index (κ2) is 5.75. The minimum atomic E-state index is -0.393. The standard InChI is InChI=1S/C16H19FN6/c17-7-14(11-3-6-23(18)9-11)22-5-2-12(8-22)15-13-1-4-19-16(13)21-10-20-15/h1-2,4-5,8,10-11,14H,3,6-7,9,18H2,(H,19,20,21). The molecule has 0 amide bonds. The number of nitrogens with zero attached hydrogens (tertiary/aromatic N) is 4. The Labute approximate surface area is 133 Å². The van der Waals surface area contributed by atoms with E-state index in [1.807, 2.05) is 35.3 Å². The quantitative estimate of drug-likeness (QED) is 0.723. The lowest BCUT2D eigenvalue weighted by Crippen LogP contribution is -2.30. The Morgan fingerprint density at radius 3 is 3.09 bits per heavy atom. The Morgan fingerprint density at radius 1 is 1.39 bits per heavy atom. The average Bonchev–Trinajstić information content (AvgIpc) is 3.28. The van der Waals surface area contributed by atoms with Crippen molar-refractivity contribution in [3.63, 3.8) is 0 Å². The number of aromatic nitrogens is 4. The first-order valence-corrected chi connectivity index (χ1v) is 7.78. The summed E-state index contributed by atoms with van der Waals surface area (Å²) in [6.07, 6.45) is 8.21. The van der Waals surface area contributed by atoms with Crippen molar-refractivity contribution in [1.29, 1.82) is 0 Å². The van der Waals surface area contributed by atoms with Crippen LogP contribution in [0.5, 0.6) is 0 Å². The van der Waals surface area contributed by atoms with E-state index in [0.29, 0.717) is 0 Å². The fourth-order valence-corrected chi connectivity index (χ4v) is 3.44. The molecule has 0 saturated carbocycles.